The Bertz CT molecular complexity index is 1000. The zero-order valence-electron chi connectivity index (χ0n) is 17.0. The second-order valence-corrected chi connectivity index (χ2v) is 7.02. The standard InChI is InChI=1S/C24H23N3O3S/c1-2-30-20-15-9-14-19(16-20)22(28)25-24(31)27-26-23(29)21(17-10-5-3-6-11-17)18-12-7-4-8-13-18/h3-16,21H,2H2,1H3,(H,26,29)(H2,25,27,28,31). The quantitative estimate of drug-likeness (QED) is 0.409. The van der Waals surface area contributed by atoms with Crippen LogP contribution in [-0.4, -0.2) is 23.5 Å². The summed E-state index contributed by atoms with van der Waals surface area (Å²) in [7, 11) is 0. The molecule has 0 unspecified atom stereocenters. The van der Waals surface area contributed by atoms with E-state index in [9.17, 15) is 9.59 Å². The van der Waals surface area contributed by atoms with Crippen molar-refractivity contribution in [3.63, 3.8) is 0 Å². The molecule has 6 nitrogen and oxygen atoms in total. The Balaban J connectivity index is 1.63. The van der Waals surface area contributed by atoms with E-state index in [0.717, 1.165) is 11.1 Å². The summed E-state index contributed by atoms with van der Waals surface area (Å²) in [5.74, 6) is -0.643. The Morgan fingerprint density at radius 2 is 1.48 bits per heavy atom. The summed E-state index contributed by atoms with van der Waals surface area (Å²) >= 11 is 5.16. The summed E-state index contributed by atoms with van der Waals surface area (Å²) in [5.41, 5.74) is 7.29. The molecule has 2 amide bonds. The highest BCUT2D eigenvalue weighted by Gasteiger charge is 2.22. The van der Waals surface area contributed by atoms with Gasteiger partial charge in [-0.2, -0.15) is 0 Å². The average Bonchev–Trinajstić information content (AvgIpc) is 2.80. The Morgan fingerprint density at radius 3 is 2.06 bits per heavy atom. The summed E-state index contributed by atoms with van der Waals surface area (Å²) in [6.07, 6.45) is 0. The molecule has 0 bridgehead atoms. The van der Waals surface area contributed by atoms with E-state index in [1.54, 1.807) is 24.3 Å². The molecule has 0 aliphatic carbocycles. The van der Waals surface area contributed by atoms with Crippen LogP contribution in [0.2, 0.25) is 0 Å². The van der Waals surface area contributed by atoms with Crippen LogP contribution in [0.25, 0.3) is 0 Å². The van der Waals surface area contributed by atoms with Gasteiger partial charge in [0.15, 0.2) is 5.11 Å². The van der Waals surface area contributed by atoms with E-state index in [2.05, 4.69) is 16.2 Å². The molecule has 0 saturated carbocycles. The van der Waals surface area contributed by atoms with Crippen molar-refractivity contribution in [3.05, 3.63) is 102 Å². The van der Waals surface area contributed by atoms with E-state index in [0.29, 0.717) is 17.9 Å². The fourth-order valence-corrected chi connectivity index (χ4v) is 3.22. The van der Waals surface area contributed by atoms with Crippen molar-refractivity contribution in [1.82, 2.24) is 16.2 Å². The van der Waals surface area contributed by atoms with Crippen LogP contribution in [0.15, 0.2) is 84.9 Å². The monoisotopic (exact) mass is 433 g/mol. The molecule has 0 fully saturated rings. The maximum absolute atomic E-state index is 13.0. The van der Waals surface area contributed by atoms with E-state index in [1.807, 2.05) is 67.6 Å². The maximum Gasteiger partial charge on any atom is 0.257 e. The predicted octanol–water partition coefficient (Wildman–Crippen LogP) is 3.55. The summed E-state index contributed by atoms with van der Waals surface area (Å²) in [5, 5.41) is 2.54. The molecule has 7 heteroatoms. The zero-order valence-corrected chi connectivity index (χ0v) is 17.8. The lowest BCUT2D eigenvalue weighted by Crippen LogP contribution is -2.49. The van der Waals surface area contributed by atoms with Gasteiger partial charge in [0.2, 0.25) is 5.91 Å². The largest absolute Gasteiger partial charge is 0.494 e. The van der Waals surface area contributed by atoms with Crippen molar-refractivity contribution < 1.29 is 14.3 Å². The van der Waals surface area contributed by atoms with E-state index in [-0.39, 0.29) is 11.0 Å². The fraction of sp³-hybridized carbons (Fsp3) is 0.125. The molecule has 0 heterocycles. The third kappa shape index (κ3) is 6.13. The Labute approximate surface area is 186 Å². The summed E-state index contributed by atoms with van der Waals surface area (Å²) in [6.45, 7) is 2.37. The maximum atomic E-state index is 13.0. The number of carbonyl (C=O) groups is 2. The Hall–Kier alpha value is -3.71. The van der Waals surface area contributed by atoms with Crippen molar-refractivity contribution in [3.8, 4) is 5.75 Å². The molecule has 0 aliphatic heterocycles. The topological polar surface area (TPSA) is 79.5 Å². The first-order valence-electron chi connectivity index (χ1n) is 9.82. The van der Waals surface area contributed by atoms with Gasteiger partial charge in [-0.1, -0.05) is 66.7 Å². The van der Waals surface area contributed by atoms with Crippen molar-refractivity contribution in [2.45, 2.75) is 12.8 Å². The lowest BCUT2D eigenvalue weighted by molar-refractivity contribution is -0.122. The molecule has 0 spiro atoms. The van der Waals surface area contributed by atoms with Crippen molar-refractivity contribution in [1.29, 1.82) is 0 Å². The van der Waals surface area contributed by atoms with Gasteiger partial charge < -0.3 is 4.74 Å². The average molecular weight is 434 g/mol. The number of hydrazine groups is 1. The zero-order chi connectivity index (χ0) is 22.1. The van der Waals surface area contributed by atoms with Gasteiger partial charge in [0.1, 0.15) is 5.75 Å². The first kappa shape index (κ1) is 22.0. The summed E-state index contributed by atoms with van der Waals surface area (Å²) in [6, 6.07) is 25.7. The van der Waals surface area contributed by atoms with E-state index in [1.165, 1.54) is 0 Å². The number of ether oxygens (including phenoxy) is 1. The fourth-order valence-electron chi connectivity index (χ4n) is 3.08. The number of rotatable bonds is 6. The highest BCUT2D eigenvalue weighted by atomic mass is 32.1. The summed E-state index contributed by atoms with van der Waals surface area (Å²) in [4.78, 5) is 25.4. The van der Waals surface area contributed by atoms with Crippen LogP contribution < -0.4 is 20.9 Å². The number of amides is 2. The van der Waals surface area contributed by atoms with Crippen molar-refractivity contribution in [2.75, 3.05) is 6.61 Å². The lowest BCUT2D eigenvalue weighted by Gasteiger charge is -2.19. The van der Waals surface area contributed by atoms with Crippen molar-refractivity contribution in [2.24, 2.45) is 0 Å². The van der Waals surface area contributed by atoms with Gasteiger partial charge in [0.05, 0.1) is 12.5 Å². The second-order valence-electron chi connectivity index (χ2n) is 6.61. The molecule has 3 aromatic rings. The van der Waals surface area contributed by atoms with Gasteiger partial charge in [-0.05, 0) is 48.5 Å². The SMILES string of the molecule is CCOc1cccc(C(=O)NC(=S)NNC(=O)C(c2ccccc2)c2ccccc2)c1. The molecular weight excluding hydrogens is 410 g/mol. The molecule has 0 aliphatic rings. The van der Waals surface area contributed by atoms with Crippen LogP contribution >= 0.6 is 12.2 Å². The molecule has 0 aromatic heterocycles. The minimum absolute atomic E-state index is 0.0139. The van der Waals surface area contributed by atoms with Gasteiger partial charge in [0.25, 0.3) is 5.91 Å². The Kier molecular flexibility index (Phi) is 7.73. The number of carbonyl (C=O) groups excluding carboxylic acids is 2. The number of hydrogen-bond donors (Lipinski definition) is 3. The first-order chi connectivity index (χ1) is 15.1. The van der Waals surface area contributed by atoms with Gasteiger partial charge in [-0.25, -0.2) is 0 Å². The highest BCUT2D eigenvalue weighted by molar-refractivity contribution is 7.80. The van der Waals surface area contributed by atoms with Crippen LogP contribution in [0.4, 0.5) is 0 Å². The molecule has 31 heavy (non-hydrogen) atoms. The predicted molar refractivity (Wildman–Crippen MR) is 124 cm³/mol. The van der Waals surface area contributed by atoms with Crippen molar-refractivity contribution >= 4 is 29.1 Å². The van der Waals surface area contributed by atoms with E-state index < -0.39 is 11.8 Å². The molecular formula is C24H23N3O3S. The molecule has 3 rings (SSSR count). The highest BCUT2D eigenvalue weighted by Crippen LogP contribution is 2.24. The Morgan fingerprint density at radius 1 is 0.871 bits per heavy atom. The molecule has 0 atom stereocenters. The van der Waals surface area contributed by atoms with Crippen LogP contribution in [0.1, 0.15) is 34.3 Å². The normalized spacial score (nSPS) is 10.3. The molecule has 158 valence electrons. The smallest absolute Gasteiger partial charge is 0.257 e. The van der Waals surface area contributed by atoms with E-state index in [4.69, 9.17) is 17.0 Å². The number of thiocarbonyl (C=S) groups is 1. The number of hydrogen-bond acceptors (Lipinski definition) is 4. The van der Waals surface area contributed by atoms with Crippen LogP contribution in [-0.2, 0) is 4.79 Å². The number of benzene rings is 3. The van der Waals surface area contributed by atoms with Gasteiger partial charge in [-0.3, -0.25) is 25.8 Å². The number of nitrogens with one attached hydrogen (secondary N) is 3. The summed E-state index contributed by atoms with van der Waals surface area (Å²) < 4.78 is 5.41. The van der Waals surface area contributed by atoms with Crippen LogP contribution in [0, 0.1) is 0 Å². The second kappa shape index (κ2) is 10.9. The minimum atomic E-state index is -0.531. The molecule has 3 N–H and O–H groups in total. The van der Waals surface area contributed by atoms with Crippen LogP contribution in [0.5, 0.6) is 5.75 Å². The van der Waals surface area contributed by atoms with E-state index >= 15 is 0 Å². The molecule has 0 radical (unpaired) electrons. The third-order valence-electron chi connectivity index (χ3n) is 4.46. The van der Waals surface area contributed by atoms with Gasteiger partial charge in [-0.15, -0.1) is 0 Å². The van der Waals surface area contributed by atoms with Gasteiger partial charge >= 0.3 is 0 Å². The van der Waals surface area contributed by atoms with Gasteiger partial charge in [0, 0.05) is 5.56 Å². The van der Waals surface area contributed by atoms with Crippen LogP contribution in [0.3, 0.4) is 0 Å². The lowest BCUT2D eigenvalue weighted by atomic mass is 9.91. The minimum Gasteiger partial charge on any atom is -0.494 e. The third-order valence-corrected chi connectivity index (χ3v) is 4.67. The first-order valence-corrected chi connectivity index (χ1v) is 10.2. The molecule has 3 aromatic carbocycles. The molecule has 0 saturated heterocycles.